The zero-order chi connectivity index (χ0) is 22.3. The number of piperidine rings is 2. The van der Waals surface area contributed by atoms with Crippen LogP contribution in [0.1, 0.15) is 56.3 Å². The minimum atomic E-state index is 0.274. The van der Waals surface area contributed by atoms with E-state index < -0.39 is 0 Å². The third-order valence-corrected chi connectivity index (χ3v) is 7.69. The number of para-hydroxylation sites is 1. The molecule has 0 aliphatic carbocycles. The summed E-state index contributed by atoms with van der Waals surface area (Å²) in [4.78, 5) is 4.98. The first kappa shape index (κ1) is 23.4. The highest BCUT2D eigenvalue weighted by Gasteiger charge is 2.26. The first-order valence-corrected chi connectivity index (χ1v) is 13.0. The summed E-state index contributed by atoms with van der Waals surface area (Å²) in [5.41, 5.74) is 0.931. The van der Waals surface area contributed by atoms with Gasteiger partial charge in [0.25, 0.3) is 0 Å². The van der Waals surface area contributed by atoms with Gasteiger partial charge in [0.05, 0.1) is 6.61 Å². The molecule has 2 saturated heterocycles. The van der Waals surface area contributed by atoms with E-state index in [0.717, 1.165) is 61.3 Å². The van der Waals surface area contributed by atoms with Crippen molar-refractivity contribution in [3.05, 3.63) is 29.6 Å². The molecule has 0 atom stereocenters. The smallest absolute Gasteiger partial charge is 0.191 e. The van der Waals surface area contributed by atoms with E-state index in [9.17, 15) is 5.11 Å². The van der Waals surface area contributed by atoms with Crippen molar-refractivity contribution in [2.75, 3.05) is 45.1 Å². The van der Waals surface area contributed by atoms with Gasteiger partial charge in [-0.2, -0.15) is 0 Å². The Balaban J connectivity index is 1.27. The van der Waals surface area contributed by atoms with E-state index in [0.29, 0.717) is 18.3 Å². The SMILES string of the molecule is CCOc1cccc(CN2CCC(c3nnc(SCCN4CCCCC4)n3C)CC2)c1O. The van der Waals surface area contributed by atoms with E-state index in [2.05, 4.69) is 31.6 Å². The molecule has 0 unspecified atom stereocenters. The summed E-state index contributed by atoms with van der Waals surface area (Å²) in [5.74, 6) is 3.49. The third-order valence-electron chi connectivity index (χ3n) is 6.69. The molecule has 176 valence electrons. The first-order valence-electron chi connectivity index (χ1n) is 12.1. The maximum absolute atomic E-state index is 10.5. The van der Waals surface area contributed by atoms with E-state index in [-0.39, 0.29) is 5.75 Å². The van der Waals surface area contributed by atoms with Gasteiger partial charge in [0.1, 0.15) is 5.82 Å². The molecular weight excluding hydrogens is 422 g/mol. The Kier molecular flexibility index (Phi) is 8.32. The molecule has 7 nitrogen and oxygen atoms in total. The Morgan fingerprint density at radius 3 is 2.59 bits per heavy atom. The van der Waals surface area contributed by atoms with Crippen LogP contribution in [0.25, 0.3) is 0 Å². The molecule has 0 bridgehead atoms. The average molecular weight is 460 g/mol. The maximum atomic E-state index is 10.5. The number of hydrogen-bond acceptors (Lipinski definition) is 7. The fraction of sp³-hybridized carbons (Fsp3) is 0.667. The number of ether oxygens (including phenoxy) is 1. The standard InChI is InChI=1S/C24H37N5O2S/c1-3-31-21-9-7-8-20(22(21)30)18-29-14-10-19(11-15-29)23-25-26-24(27(23)2)32-17-16-28-12-5-4-6-13-28/h7-9,19,30H,3-6,10-18H2,1-2H3. The second kappa shape index (κ2) is 11.4. The van der Waals surface area contributed by atoms with Crippen LogP contribution in [-0.2, 0) is 13.6 Å². The molecule has 0 amide bonds. The van der Waals surface area contributed by atoms with Crippen molar-refractivity contribution in [3.8, 4) is 11.5 Å². The van der Waals surface area contributed by atoms with E-state index in [4.69, 9.17) is 4.74 Å². The fourth-order valence-electron chi connectivity index (χ4n) is 4.81. The Hall–Kier alpha value is -1.77. The van der Waals surface area contributed by atoms with Gasteiger partial charge in [-0.15, -0.1) is 10.2 Å². The number of aromatic nitrogens is 3. The zero-order valence-electron chi connectivity index (χ0n) is 19.5. The van der Waals surface area contributed by atoms with Gasteiger partial charge in [-0.05, 0) is 64.9 Å². The van der Waals surface area contributed by atoms with Crippen molar-refractivity contribution in [1.82, 2.24) is 24.6 Å². The second-order valence-electron chi connectivity index (χ2n) is 8.90. The van der Waals surface area contributed by atoms with Gasteiger partial charge >= 0.3 is 0 Å². The highest BCUT2D eigenvalue weighted by atomic mass is 32.2. The van der Waals surface area contributed by atoms with Crippen LogP contribution in [0.2, 0.25) is 0 Å². The molecule has 4 rings (SSSR count). The summed E-state index contributed by atoms with van der Waals surface area (Å²) in [6.07, 6.45) is 6.20. The average Bonchev–Trinajstić information content (AvgIpc) is 3.18. The van der Waals surface area contributed by atoms with Crippen molar-refractivity contribution in [2.24, 2.45) is 7.05 Å². The molecule has 1 N–H and O–H groups in total. The van der Waals surface area contributed by atoms with Gasteiger partial charge in [-0.3, -0.25) is 4.90 Å². The highest BCUT2D eigenvalue weighted by molar-refractivity contribution is 7.99. The summed E-state index contributed by atoms with van der Waals surface area (Å²) in [6.45, 7) is 8.85. The van der Waals surface area contributed by atoms with Crippen molar-refractivity contribution >= 4 is 11.8 Å². The molecule has 0 radical (unpaired) electrons. The molecule has 8 heteroatoms. The fourth-order valence-corrected chi connectivity index (χ4v) is 5.73. The number of phenols is 1. The van der Waals surface area contributed by atoms with Gasteiger partial charge in [-0.1, -0.05) is 30.3 Å². The van der Waals surface area contributed by atoms with Crippen LogP contribution < -0.4 is 4.74 Å². The lowest BCUT2D eigenvalue weighted by Gasteiger charge is -2.31. The monoisotopic (exact) mass is 459 g/mol. The Labute approximate surface area is 196 Å². The molecule has 1 aromatic carbocycles. The molecule has 2 aromatic rings. The lowest BCUT2D eigenvalue weighted by Crippen LogP contribution is -2.33. The number of hydrogen-bond donors (Lipinski definition) is 1. The van der Waals surface area contributed by atoms with Gasteiger partial charge in [0, 0.05) is 37.4 Å². The number of rotatable bonds is 9. The Bertz CT molecular complexity index is 860. The summed E-state index contributed by atoms with van der Waals surface area (Å²) < 4.78 is 7.73. The van der Waals surface area contributed by atoms with Gasteiger partial charge in [-0.25, -0.2) is 0 Å². The summed E-state index contributed by atoms with van der Waals surface area (Å²) in [5, 5.41) is 20.6. The van der Waals surface area contributed by atoms with Crippen LogP contribution >= 0.6 is 11.8 Å². The molecule has 2 aliphatic heterocycles. The topological polar surface area (TPSA) is 66.7 Å². The maximum Gasteiger partial charge on any atom is 0.191 e. The van der Waals surface area contributed by atoms with Gasteiger partial charge in [0.15, 0.2) is 16.7 Å². The predicted octanol–water partition coefficient (Wildman–Crippen LogP) is 3.88. The molecule has 2 aliphatic rings. The zero-order valence-corrected chi connectivity index (χ0v) is 20.3. The number of benzene rings is 1. The lowest BCUT2D eigenvalue weighted by molar-refractivity contribution is 0.197. The highest BCUT2D eigenvalue weighted by Crippen LogP contribution is 2.33. The van der Waals surface area contributed by atoms with E-state index in [1.54, 1.807) is 0 Å². The summed E-state index contributed by atoms with van der Waals surface area (Å²) in [6, 6.07) is 5.77. The summed E-state index contributed by atoms with van der Waals surface area (Å²) >= 11 is 1.83. The normalized spacial score (nSPS) is 18.8. The van der Waals surface area contributed by atoms with Crippen molar-refractivity contribution in [3.63, 3.8) is 0 Å². The molecule has 0 spiro atoms. The molecule has 3 heterocycles. The molecule has 32 heavy (non-hydrogen) atoms. The number of likely N-dealkylation sites (tertiary alicyclic amines) is 2. The quantitative estimate of drug-likeness (QED) is 0.571. The van der Waals surface area contributed by atoms with Crippen molar-refractivity contribution < 1.29 is 9.84 Å². The minimum absolute atomic E-state index is 0.274. The minimum Gasteiger partial charge on any atom is -0.504 e. The number of phenolic OH excluding ortho intramolecular Hbond substituents is 1. The van der Waals surface area contributed by atoms with Crippen LogP contribution in [0.15, 0.2) is 23.4 Å². The van der Waals surface area contributed by atoms with Crippen LogP contribution in [0, 0.1) is 0 Å². The Morgan fingerprint density at radius 1 is 1.06 bits per heavy atom. The van der Waals surface area contributed by atoms with Crippen LogP contribution in [0.4, 0.5) is 0 Å². The van der Waals surface area contributed by atoms with Crippen molar-refractivity contribution in [1.29, 1.82) is 0 Å². The number of thioether (sulfide) groups is 1. The van der Waals surface area contributed by atoms with E-state index in [1.165, 1.54) is 32.4 Å². The second-order valence-corrected chi connectivity index (χ2v) is 9.96. The Morgan fingerprint density at radius 2 is 1.84 bits per heavy atom. The largest absolute Gasteiger partial charge is 0.504 e. The first-order chi connectivity index (χ1) is 15.7. The van der Waals surface area contributed by atoms with Crippen LogP contribution in [0.3, 0.4) is 0 Å². The predicted molar refractivity (Wildman–Crippen MR) is 129 cm³/mol. The number of nitrogens with zero attached hydrogens (tertiary/aromatic N) is 5. The molecule has 0 saturated carbocycles. The van der Waals surface area contributed by atoms with Gasteiger partial charge < -0.3 is 19.3 Å². The molecule has 2 fully saturated rings. The van der Waals surface area contributed by atoms with Crippen LogP contribution in [0.5, 0.6) is 11.5 Å². The van der Waals surface area contributed by atoms with E-state index >= 15 is 0 Å². The lowest BCUT2D eigenvalue weighted by atomic mass is 9.95. The summed E-state index contributed by atoms with van der Waals surface area (Å²) in [7, 11) is 2.11. The van der Waals surface area contributed by atoms with Gasteiger partial charge in [0.2, 0.25) is 0 Å². The van der Waals surface area contributed by atoms with Crippen molar-refractivity contribution in [2.45, 2.75) is 56.6 Å². The van der Waals surface area contributed by atoms with E-state index in [1.807, 2.05) is 36.9 Å². The number of aromatic hydroxyl groups is 1. The van der Waals surface area contributed by atoms with Crippen LogP contribution in [-0.4, -0.2) is 74.8 Å². The molecular formula is C24H37N5O2S. The third kappa shape index (κ3) is 5.77. The molecule has 1 aromatic heterocycles.